The summed E-state index contributed by atoms with van der Waals surface area (Å²) in [6.45, 7) is 8.15. The zero-order valence-electron chi connectivity index (χ0n) is 27.6. The van der Waals surface area contributed by atoms with Gasteiger partial charge in [0.05, 0.1) is 5.56 Å². The van der Waals surface area contributed by atoms with Crippen LogP contribution in [0.3, 0.4) is 0 Å². The normalized spacial score (nSPS) is 27.1. The number of Topliss-reactive ketones (excluding diaryl/α,β-unsaturated/α-hetero) is 3. The smallest absolute Gasteiger partial charge is 0.203 e. The third-order valence-corrected chi connectivity index (χ3v) is 10.9. The fraction of sp³-hybridized carbons (Fsp3) is 0.375. The Kier molecular flexibility index (Phi) is 7.83. The fourth-order valence-corrected chi connectivity index (χ4v) is 9.02. The topological polar surface area (TPSA) is 132 Å². The van der Waals surface area contributed by atoms with Gasteiger partial charge >= 0.3 is 0 Å². The van der Waals surface area contributed by atoms with Crippen LogP contribution in [0.15, 0.2) is 83.6 Å². The predicted octanol–water partition coefficient (Wildman–Crippen LogP) is 7.03. The molecule has 3 aromatic carbocycles. The number of hydrogen-bond acceptors (Lipinski definition) is 7. The summed E-state index contributed by atoms with van der Waals surface area (Å²) in [5, 5.41) is 46.6. The van der Waals surface area contributed by atoms with Crippen molar-refractivity contribution in [3.63, 3.8) is 0 Å². The first-order chi connectivity index (χ1) is 22.2. The molecule has 0 amide bonds. The van der Waals surface area contributed by atoms with Crippen molar-refractivity contribution < 1.29 is 34.8 Å². The van der Waals surface area contributed by atoms with Crippen LogP contribution in [-0.4, -0.2) is 43.4 Å². The lowest BCUT2D eigenvalue weighted by Gasteiger charge is -2.59. The largest absolute Gasteiger partial charge is 0.508 e. The van der Waals surface area contributed by atoms with Crippen LogP contribution in [0.5, 0.6) is 5.75 Å². The van der Waals surface area contributed by atoms with Gasteiger partial charge in [0.1, 0.15) is 22.8 Å². The van der Waals surface area contributed by atoms with Gasteiger partial charge in [-0.3, -0.25) is 14.4 Å². The Bertz CT molecular complexity index is 1880. The van der Waals surface area contributed by atoms with Gasteiger partial charge in [0.2, 0.25) is 5.78 Å². The Hall–Kier alpha value is -4.49. The van der Waals surface area contributed by atoms with Gasteiger partial charge in [-0.25, -0.2) is 0 Å². The molecule has 1 unspecified atom stereocenters. The monoisotopic (exact) mass is 634 g/mol. The van der Waals surface area contributed by atoms with Crippen LogP contribution in [0.4, 0.5) is 0 Å². The minimum absolute atomic E-state index is 0.0551. The second-order valence-corrected chi connectivity index (χ2v) is 14.5. The minimum Gasteiger partial charge on any atom is -0.508 e. The summed E-state index contributed by atoms with van der Waals surface area (Å²) in [6, 6.07) is 21.8. The lowest BCUT2D eigenvalue weighted by atomic mass is 9.43. The Morgan fingerprint density at radius 3 is 2.23 bits per heavy atom. The van der Waals surface area contributed by atoms with Gasteiger partial charge in [0.25, 0.3) is 0 Å². The number of ketones is 3. The van der Waals surface area contributed by atoms with E-state index >= 15 is 0 Å². The number of benzene rings is 3. The number of fused-ring (bicyclic) bond motifs is 3. The van der Waals surface area contributed by atoms with Crippen molar-refractivity contribution in [1.29, 1.82) is 0 Å². The maximum atomic E-state index is 14.5. The number of aliphatic hydroxyl groups is 3. The maximum absolute atomic E-state index is 14.5. The van der Waals surface area contributed by atoms with E-state index in [1.807, 2.05) is 43.3 Å². The highest BCUT2D eigenvalue weighted by atomic mass is 16.3. The molecule has 0 bridgehead atoms. The summed E-state index contributed by atoms with van der Waals surface area (Å²) in [5.74, 6) is -5.28. The van der Waals surface area contributed by atoms with E-state index in [9.17, 15) is 34.8 Å². The first kappa shape index (κ1) is 32.5. The first-order valence-corrected chi connectivity index (χ1v) is 16.3. The SMILES string of the molecule is CC(=O)C1=C(O)[C@]2(O)C(=O)C3=C(O)c4c(O)ccc(-c5cccc(CCCc6ccccc6)c5)c4C[C@]3(C)C[C@]2(C)C(C(C)C)C1=O. The molecule has 6 rings (SSSR count). The highest BCUT2D eigenvalue weighted by molar-refractivity contribution is 6.24. The number of aryl methyl sites for hydroxylation is 2. The lowest BCUT2D eigenvalue weighted by molar-refractivity contribution is -0.178. The summed E-state index contributed by atoms with van der Waals surface area (Å²) in [4.78, 5) is 40.9. The highest BCUT2D eigenvalue weighted by Gasteiger charge is 2.72. The summed E-state index contributed by atoms with van der Waals surface area (Å²) in [7, 11) is 0. The van der Waals surface area contributed by atoms with Gasteiger partial charge in [-0.1, -0.05) is 88.4 Å². The number of hydrogen-bond donors (Lipinski definition) is 4. The molecule has 0 spiro atoms. The second kappa shape index (κ2) is 11.3. The van der Waals surface area contributed by atoms with E-state index in [1.165, 1.54) is 11.6 Å². The van der Waals surface area contributed by atoms with Crippen LogP contribution < -0.4 is 0 Å². The van der Waals surface area contributed by atoms with Crippen LogP contribution in [0.25, 0.3) is 16.9 Å². The zero-order valence-corrected chi connectivity index (χ0v) is 27.6. The predicted molar refractivity (Wildman–Crippen MR) is 180 cm³/mol. The molecule has 0 aromatic heterocycles. The number of carbonyl (C=O) groups is 3. The van der Waals surface area contributed by atoms with Crippen molar-refractivity contribution in [2.75, 3.05) is 0 Å². The molecule has 7 nitrogen and oxygen atoms in total. The molecule has 3 aliphatic carbocycles. The Labute approximate surface area is 275 Å². The summed E-state index contributed by atoms with van der Waals surface area (Å²) in [5.41, 5.74) is -1.00. The molecule has 0 aliphatic heterocycles. The lowest BCUT2D eigenvalue weighted by Crippen LogP contribution is -2.69. The quantitative estimate of drug-likeness (QED) is 0.205. The van der Waals surface area contributed by atoms with Crippen LogP contribution in [0, 0.1) is 22.7 Å². The number of aliphatic hydroxyl groups excluding tert-OH is 2. The first-order valence-electron chi connectivity index (χ1n) is 16.3. The van der Waals surface area contributed by atoms with Crippen LogP contribution in [0.1, 0.15) is 69.7 Å². The minimum atomic E-state index is -2.63. The van der Waals surface area contributed by atoms with E-state index in [-0.39, 0.29) is 35.6 Å². The molecule has 1 fully saturated rings. The number of phenols is 1. The van der Waals surface area contributed by atoms with Gasteiger partial charge in [0, 0.05) is 22.3 Å². The molecule has 7 heteroatoms. The molecule has 47 heavy (non-hydrogen) atoms. The van der Waals surface area contributed by atoms with Crippen LogP contribution in [0.2, 0.25) is 0 Å². The van der Waals surface area contributed by atoms with Crippen molar-refractivity contribution in [3.05, 3.63) is 106 Å². The Morgan fingerprint density at radius 2 is 1.57 bits per heavy atom. The van der Waals surface area contributed by atoms with E-state index in [0.717, 1.165) is 42.9 Å². The van der Waals surface area contributed by atoms with Gasteiger partial charge in [0.15, 0.2) is 17.2 Å². The molecular weight excluding hydrogens is 592 g/mol. The molecule has 3 aromatic rings. The standard InChI is InChI=1S/C40H42O7/c1-22(2)32-34(43)30(23(3)41)36(45)40(47)37(46)33-35(44)31-28(20-38(33,4)21-39(32,40)5)27(17-18-29(31)42)26-16-10-15-25(19-26)14-9-13-24-11-7-6-8-12-24/h6-8,10-12,15-19,22,32,42,44-45,47H,9,13-14,20-21H2,1-5H3/t32?,38-,39-,40+/m1/s1. The zero-order chi connectivity index (χ0) is 34.1. The maximum Gasteiger partial charge on any atom is 0.203 e. The van der Waals surface area contributed by atoms with Crippen LogP contribution in [-0.2, 0) is 33.6 Å². The third kappa shape index (κ3) is 4.77. The fourth-order valence-electron chi connectivity index (χ4n) is 9.02. The molecule has 244 valence electrons. The van der Waals surface area contributed by atoms with Crippen molar-refractivity contribution in [1.82, 2.24) is 0 Å². The average molecular weight is 635 g/mol. The molecule has 4 atom stereocenters. The number of allylic oxidation sites excluding steroid dienone is 1. The van der Waals surface area contributed by atoms with Crippen molar-refractivity contribution in [2.24, 2.45) is 22.7 Å². The van der Waals surface area contributed by atoms with E-state index in [1.54, 1.807) is 20.8 Å². The number of phenolic OH excluding ortho intramolecular Hbond substituents is 1. The molecular formula is C40H42O7. The molecule has 0 saturated heterocycles. The van der Waals surface area contributed by atoms with Gasteiger partial charge < -0.3 is 20.4 Å². The van der Waals surface area contributed by atoms with Crippen LogP contribution >= 0.6 is 0 Å². The van der Waals surface area contributed by atoms with Crippen molar-refractivity contribution in [2.45, 2.75) is 72.3 Å². The molecule has 0 radical (unpaired) electrons. The second-order valence-electron chi connectivity index (χ2n) is 14.5. The van der Waals surface area contributed by atoms with E-state index in [0.29, 0.717) is 5.56 Å². The Morgan fingerprint density at radius 1 is 0.915 bits per heavy atom. The van der Waals surface area contributed by atoms with Gasteiger partial charge in [-0.15, -0.1) is 0 Å². The number of carbonyl (C=O) groups excluding carboxylic acids is 3. The van der Waals surface area contributed by atoms with Crippen molar-refractivity contribution in [3.8, 4) is 16.9 Å². The number of aromatic hydroxyl groups is 1. The summed E-state index contributed by atoms with van der Waals surface area (Å²) in [6.07, 6.45) is 3.07. The highest BCUT2D eigenvalue weighted by Crippen LogP contribution is 2.65. The molecule has 3 aliphatic rings. The van der Waals surface area contributed by atoms with Gasteiger partial charge in [-0.05, 0) is 78.8 Å². The summed E-state index contributed by atoms with van der Waals surface area (Å²) < 4.78 is 0. The molecule has 4 N–H and O–H groups in total. The van der Waals surface area contributed by atoms with Gasteiger partial charge in [-0.2, -0.15) is 0 Å². The summed E-state index contributed by atoms with van der Waals surface area (Å²) >= 11 is 0. The number of rotatable bonds is 7. The van der Waals surface area contributed by atoms with E-state index in [4.69, 9.17) is 0 Å². The third-order valence-electron chi connectivity index (χ3n) is 10.9. The van der Waals surface area contributed by atoms with Crippen molar-refractivity contribution >= 4 is 23.1 Å². The van der Waals surface area contributed by atoms with E-state index in [2.05, 4.69) is 24.3 Å². The molecule has 0 heterocycles. The van der Waals surface area contributed by atoms with E-state index < -0.39 is 56.8 Å². The molecule has 1 saturated carbocycles. The Balaban J connectivity index is 1.46. The average Bonchev–Trinajstić information content (AvgIpc) is 2.99.